The van der Waals surface area contributed by atoms with Gasteiger partial charge in [-0.1, -0.05) is 0 Å². The van der Waals surface area contributed by atoms with E-state index in [0.717, 1.165) is 0 Å². The van der Waals surface area contributed by atoms with Crippen LogP contribution in [0, 0.1) is 0 Å². The van der Waals surface area contributed by atoms with Crippen molar-refractivity contribution in [3.8, 4) is 0 Å². The van der Waals surface area contributed by atoms with Crippen molar-refractivity contribution in [3.63, 3.8) is 0 Å². The Bertz CT molecular complexity index is 157. The van der Waals surface area contributed by atoms with Crippen LogP contribution in [0.15, 0.2) is 0 Å². The fraction of sp³-hybridized carbons (Fsp3) is 0.600. The number of hydrogen-bond acceptors (Lipinski definition) is 3. The number of halogens is 2. The van der Waals surface area contributed by atoms with Crippen LogP contribution >= 0.6 is 0 Å². The van der Waals surface area contributed by atoms with Gasteiger partial charge in [-0.05, 0) is 0 Å². The summed E-state index contributed by atoms with van der Waals surface area (Å²) in [6.45, 7) is -1.35. The second kappa shape index (κ2) is 3.85. The van der Waals surface area contributed by atoms with Crippen LogP contribution in [0.5, 0.6) is 0 Å². The zero-order chi connectivity index (χ0) is 8.91. The molecule has 0 unspecified atom stereocenters. The quantitative estimate of drug-likeness (QED) is 0.598. The van der Waals surface area contributed by atoms with E-state index in [1.165, 1.54) is 0 Å². The molecule has 0 atom stereocenters. The van der Waals surface area contributed by atoms with Crippen LogP contribution in [0.4, 0.5) is 8.78 Å². The van der Waals surface area contributed by atoms with Crippen LogP contribution in [0.1, 0.15) is 6.42 Å². The number of hydrogen-bond donors (Lipinski definition) is 1. The molecule has 0 aliphatic heterocycles. The molecule has 0 bridgehead atoms. The fourth-order valence-electron chi connectivity index (χ4n) is 0.428. The zero-order valence-electron chi connectivity index (χ0n) is 5.42. The summed E-state index contributed by atoms with van der Waals surface area (Å²) in [6.07, 6.45) is -1.33. The van der Waals surface area contributed by atoms with Crippen molar-refractivity contribution in [1.82, 2.24) is 0 Å². The van der Waals surface area contributed by atoms with Crippen LogP contribution in [-0.4, -0.2) is 30.1 Å². The van der Waals surface area contributed by atoms with Gasteiger partial charge in [-0.25, -0.2) is 8.78 Å². The summed E-state index contributed by atoms with van der Waals surface area (Å²) in [6, 6.07) is 0. The summed E-state index contributed by atoms with van der Waals surface area (Å²) in [5.74, 6) is -5.11. The molecule has 0 saturated carbocycles. The maximum Gasteiger partial charge on any atom is 0.309 e. The number of alkyl halides is 2. The highest BCUT2D eigenvalue weighted by molar-refractivity contribution is 5.67. The second-order valence-electron chi connectivity index (χ2n) is 1.83. The first-order valence-electron chi connectivity index (χ1n) is 2.63. The van der Waals surface area contributed by atoms with E-state index in [1.807, 2.05) is 0 Å². The molecule has 4 nitrogen and oxygen atoms in total. The molecular weight excluding hydrogens is 162 g/mol. The molecule has 0 aromatic rings. The smallest absolute Gasteiger partial charge is 0.309 e. The molecule has 64 valence electrons. The fourth-order valence-corrected chi connectivity index (χ4v) is 0.428. The van der Waals surface area contributed by atoms with Crippen LogP contribution < -0.4 is 0 Å². The molecule has 0 amide bonds. The minimum atomic E-state index is -3.48. The van der Waals surface area contributed by atoms with Crippen molar-refractivity contribution in [2.75, 3.05) is 6.61 Å². The van der Waals surface area contributed by atoms with Gasteiger partial charge in [0.1, 0.15) is 6.42 Å². The number of carbonyl (C=O) groups is 2. The Balaban J connectivity index is 3.78. The lowest BCUT2D eigenvalue weighted by Crippen LogP contribution is -2.26. The SMILES string of the molecule is O=COCC(F)(F)CC(=O)O. The Morgan fingerprint density at radius 3 is 2.55 bits per heavy atom. The first-order valence-corrected chi connectivity index (χ1v) is 2.63. The maximum atomic E-state index is 12.2. The molecule has 0 heterocycles. The van der Waals surface area contributed by atoms with Crippen molar-refractivity contribution < 1.29 is 28.2 Å². The van der Waals surface area contributed by atoms with Gasteiger partial charge in [0.25, 0.3) is 12.4 Å². The molecule has 0 aliphatic rings. The maximum absolute atomic E-state index is 12.2. The van der Waals surface area contributed by atoms with E-state index in [2.05, 4.69) is 4.74 Å². The van der Waals surface area contributed by atoms with Gasteiger partial charge in [-0.2, -0.15) is 0 Å². The lowest BCUT2D eigenvalue weighted by Gasteiger charge is -2.10. The molecule has 0 fully saturated rings. The molecule has 0 aromatic heterocycles. The summed E-state index contributed by atoms with van der Waals surface area (Å²) in [7, 11) is 0. The third kappa shape index (κ3) is 5.25. The van der Waals surface area contributed by atoms with E-state index >= 15 is 0 Å². The highest BCUT2D eigenvalue weighted by Gasteiger charge is 2.33. The van der Waals surface area contributed by atoms with Crippen molar-refractivity contribution >= 4 is 12.4 Å². The molecular formula is C5H6F2O4. The zero-order valence-corrected chi connectivity index (χ0v) is 5.42. The third-order valence-electron chi connectivity index (χ3n) is 0.772. The lowest BCUT2D eigenvalue weighted by molar-refractivity contribution is -0.155. The summed E-state index contributed by atoms with van der Waals surface area (Å²) in [4.78, 5) is 19.2. The number of rotatable bonds is 5. The largest absolute Gasteiger partial charge is 0.481 e. The average molecular weight is 168 g/mol. The number of ether oxygens (including phenoxy) is 1. The topological polar surface area (TPSA) is 63.6 Å². The van der Waals surface area contributed by atoms with Gasteiger partial charge in [-0.15, -0.1) is 0 Å². The number of carbonyl (C=O) groups excluding carboxylic acids is 1. The monoisotopic (exact) mass is 168 g/mol. The minimum absolute atomic E-state index is 0.157. The lowest BCUT2D eigenvalue weighted by atomic mass is 10.2. The molecule has 0 aliphatic carbocycles. The molecule has 0 aromatic carbocycles. The molecule has 0 radical (unpaired) electrons. The van der Waals surface area contributed by atoms with Crippen molar-refractivity contribution in [3.05, 3.63) is 0 Å². The van der Waals surface area contributed by atoms with Crippen LogP contribution in [0.25, 0.3) is 0 Å². The summed E-state index contributed by atoms with van der Waals surface area (Å²) in [5, 5.41) is 7.92. The molecule has 0 saturated heterocycles. The van der Waals surface area contributed by atoms with E-state index in [0.29, 0.717) is 0 Å². The van der Waals surface area contributed by atoms with Crippen molar-refractivity contribution in [1.29, 1.82) is 0 Å². The number of carboxylic acid groups (broad SMARTS) is 1. The van der Waals surface area contributed by atoms with Gasteiger partial charge in [0.15, 0.2) is 6.61 Å². The second-order valence-corrected chi connectivity index (χ2v) is 1.83. The summed E-state index contributed by atoms with van der Waals surface area (Å²) in [5.41, 5.74) is 0. The molecule has 11 heavy (non-hydrogen) atoms. The Hall–Kier alpha value is -1.20. The van der Waals surface area contributed by atoms with E-state index in [9.17, 15) is 18.4 Å². The third-order valence-corrected chi connectivity index (χ3v) is 0.772. The standard InChI is InChI=1S/C5H6F2O4/c6-5(7,1-4(9)10)2-11-3-8/h3H,1-2H2,(H,9,10). The molecule has 6 heteroatoms. The van der Waals surface area contributed by atoms with Crippen LogP contribution in [-0.2, 0) is 14.3 Å². The first kappa shape index (κ1) is 9.80. The van der Waals surface area contributed by atoms with E-state index in [-0.39, 0.29) is 6.47 Å². The van der Waals surface area contributed by atoms with Gasteiger partial charge >= 0.3 is 5.97 Å². The number of aliphatic carboxylic acids is 1. The van der Waals surface area contributed by atoms with Crippen LogP contribution in [0.2, 0.25) is 0 Å². The Labute approximate surface area is 60.8 Å². The van der Waals surface area contributed by atoms with Gasteiger partial charge < -0.3 is 9.84 Å². The average Bonchev–Trinajstić information content (AvgIpc) is 1.81. The van der Waals surface area contributed by atoms with Gasteiger partial charge in [0.2, 0.25) is 0 Å². The highest BCUT2D eigenvalue weighted by Crippen LogP contribution is 2.17. The van der Waals surface area contributed by atoms with Gasteiger partial charge in [0, 0.05) is 0 Å². The molecule has 0 spiro atoms. The number of carboxylic acids is 1. The minimum Gasteiger partial charge on any atom is -0.481 e. The van der Waals surface area contributed by atoms with E-state index < -0.39 is 24.9 Å². The van der Waals surface area contributed by atoms with E-state index in [1.54, 1.807) is 0 Å². The first-order chi connectivity index (χ1) is 4.98. The highest BCUT2D eigenvalue weighted by atomic mass is 19.3. The predicted octanol–water partition coefficient (Wildman–Crippen LogP) is 0.269. The van der Waals surface area contributed by atoms with Gasteiger partial charge in [-0.3, -0.25) is 9.59 Å². The summed E-state index contributed by atoms with van der Waals surface area (Å²) >= 11 is 0. The predicted molar refractivity (Wildman–Crippen MR) is 29.2 cm³/mol. The Morgan fingerprint density at radius 2 is 2.18 bits per heavy atom. The molecule has 1 N–H and O–H groups in total. The molecule has 0 rings (SSSR count). The normalized spacial score (nSPS) is 10.7. The Morgan fingerprint density at radius 1 is 1.64 bits per heavy atom. The Kier molecular flexibility index (Phi) is 3.43. The van der Waals surface area contributed by atoms with Crippen molar-refractivity contribution in [2.24, 2.45) is 0 Å². The van der Waals surface area contributed by atoms with Crippen LogP contribution in [0.3, 0.4) is 0 Å². The van der Waals surface area contributed by atoms with E-state index in [4.69, 9.17) is 5.11 Å². The van der Waals surface area contributed by atoms with Crippen molar-refractivity contribution in [2.45, 2.75) is 12.3 Å². The van der Waals surface area contributed by atoms with Gasteiger partial charge in [0.05, 0.1) is 0 Å². The summed E-state index contributed by atoms with van der Waals surface area (Å²) < 4.78 is 28.1.